The molecule has 0 aromatic carbocycles. The molecular formula is C11H13ClN6. The maximum Gasteiger partial charge on any atom is 0.150 e. The highest BCUT2D eigenvalue weighted by molar-refractivity contribution is 6.32. The summed E-state index contributed by atoms with van der Waals surface area (Å²) in [6.45, 7) is 1.81. The van der Waals surface area contributed by atoms with Crippen molar-refractivity contribution in [3.63, 3.8) is 0 Å². The molecule has 1 aliphatic rings. The number of aromatic nitrogens is 5. The summed E-state index contributed by atoms with van der Waals surface area (Å²) in [6, 6.07) is 0.326. The van der Waals surface area contributed by atoms with Gasteiger partial charge in [-0.25, -0.2) is 19.6 Å². The summed E-state index contributed by atoms with van der Waals surface area (Å²) >= 11 is 6.13. The average Bonchev–Trinajstić information content (AvgIpc) is 2.93. The summed E-state index contributed by atoms with van der Waals surface area (Å²) in [7, 11) is 0. The van der Waals surface area contributed by atoms with E-state index in [-0.39, 0.29) is 0 Å². The van der Waals surface area contributed by atoms with Crippen LogP contribution < -0.4 is 4.90 Å². The van der Waals surface area contributed by atoms with Gasteiger partial charge in [0.25, 0.3) is 0 Å². The fourth-order valence-electron chi connectivity index (χ4n) is 2.31. The van der Waals surface area contributed by atoms with Crippen molar-refractivity contribution in [1.29, 1.82) is 0 Å². The van der Waals surface area contributed by atoms with Crippen LogP contribution in [-0.2, 0) is 0 Å². The minimum atomic E-state index is 0.326. The van der Waals surface area contributed by atoms with E-state index in [1.54, 1.807) is 18.9 Å². The van der Waals surface area contributed by atoms with Crippen molar-refractivity contribution in [2.45, 2.75) is 18.9 Å². The quantitative estimate of drug-likeness (QED) is 0.824. The minimum absolute atomic E-state index is 0.326. The highest BCUT2D eigenvalue weighted by Crippen LogP contribution is 2.28. The monoisotopic (exact) mass is 264 g/mol. The van der Waals surface area contributed by atoms with Gasteiger partial charge in [-0.05, 0) is 12.8 Å². The van der Waals surface area contributed by atoms with E-state index >= 15 is 0 Å². The Morgan fingerprint density at radius 1 is 1.28 bits per heavy atom. The maximum absolute atomic E-state index is 6.13. The van der Waals surface area contributed by atoms with E-state index in [2.05, 4.69) is 25.0 Å². The van der Waals surface area contributed by atoms with E-state index in [1.807, 2.05) is 4.68 Å². The van der Waals surface area contributed by atoms with E-state index in [4.69, 9.17) is 11.6 Å². The van der Waals surface area contributed by atoms with Gasteiger partial charge in [-0.2, -0.15) is 5.10 Å². The minimum Gasteiger partial charge on any atom is -0.353 e. The molecule has 0 saturated carbocycles. The summed E-state index contributed by atoms with van der Waals surface area (Å²) < 4.78 is 1.90. The molecule has 3 rings (SSSR count). The van der Waals surface area contributed by atoms with Crippen molar-refractivity contribution in [3.8, 4) is 0 Å². The standard InChI is InChI=1S/C11H13ClN6/c12-10-4-13-6-15-11(10)17-3-1-2-9(5-17)18-8-14-7-16-18/h4,6-9H,1-3,5H2. The lowest BCUT2D eigenvalue weighted by Gasteiger charge is -2.33. The molecule has 2 aromatic rings. The summed E-state index contributed by atoms with van der Waals surface area (Å²) in [5.41, 5.74) is 0. The van der Waals surface area contributed by atoms with Crippen LogP contribution in [0.2, 0.25) is 5.02 Å². The Balaban J connectivity index is 1.81. The third kappa shape index (κ3) is 2.15. The van der Waals surface area contributed by atoms with Gasteiger partial charge in [0.05, 0.1) is 12.2 Å². The van der Waals surface area contributed by atoms with Crippen molar-refractivity contribution in [2.24, 2.45) is 0 Å². The lowest BCUT2D eigenvalue weighted by atomic mass is 10.1. The summed E-state index contributed by atoms with van der Waals surface area (Å²) in [4.78, 5) is 14.3. The van der Waals surface area contributed by atoms with Crippen LogP contribution in [0.1, 0.15) is 18.9 Å². The molecule has 1 atom stereocenters. The molecule has 2 aromatic heterocycles. The molecule has 1 unspecified atom stereocenters. The molecule has 3 heterocycles. The number of piperidine rings is 1. The maximum atomic E-state index is 6.13. The van der Waals surface area contributed by atoms with Crippen LogP contribution in [0.3, 0.4) is 0 Å². The number of hydrogen-bond donors (Lipinski definition) is 0. The molecule has 0 amide bonds. The van der Waals surface area contributed by atoms with Crippen LogP contribution in [-0.4, -0.2) is 37.8 Å². The molecule has 0 spiro atoms. The molecule has 0 bridgehead atoms. The van der Waals surface area contributed by atoms with Crippen LogP contribution in [0.4, 0.5) is 5.82 Å². The average molecular weight is 265 g/mol. The second-order valence-electron chi connectivity index (χ2n) is 4.31. The SMILES string of the molecule is Clc1cncnc1N1CCCC(n2cncn2)C1. The van der Waals surface area contributed by atoms with E-state index < -0.39 is 0 Å². The van der Waals surface area contributed by atoms with Crippen molar-refractivity contribution < 1.29 is 0 Å². The first kappa shape index (κ1) is 11.4. The van der Waals surface area contributed by atoms with Gasteiger partial charge in [-0.1, -0.05) is 11.6 Å². The predicted octanol–water partition coefficient (Wildman–Crippen LogP) is 1.56. The first-order valence-corrected chi connectivity index (χ1v) is 6.27. The van der Waals surface area contributed by atoms with E-state index in [0.717, 1.165) is 31.7 Å². The Kier molecular flexibility index (Phi) is 3.10. The van der Waals surface area contributed by atoms with Crippen LogP contribution in [0, 0.1) is 0 Å². The molecular weight excluding hydrogens is 252 g/mol. The van der Waals surface area contributed by atoms with Crippen LogP contribution in [0.15, 0.2) is 25.2 Å². The molecule has 0 N–H and O–H groups in total. The summed E-state index contributed by atoms with van der Waals surface area (Å²) in [5, 5.41) is 4.80. The van der Waals surface area contributed by atoms with E-state index in [9.17, 15) is 0 Å². The zero-order valence-corrected chi connectivity index (χ0v) is 10.5. The van der Waals surface area contributed by atoms with Crippen LogP contribution in [0.25, 0.3) is 0 Å². The Labute approximate surface area is 110 Å². The number of anilines is 1. The third-order valence-corrected chi connectivity index (χ3v) is 3.42. The number of halogens is 1. The topological polar surface area (TPSA) is 59.7 Å². The normalized spacial score (nSPS) is 20.1. The van der Waals surface area contributed by atoms with Gasteiger partial charge in [0.2, 0.25) is 0 Å². The van der Waals surface area contributed by atoms with Gasteiger partial charge in [0.15, 0.2) is 5.82 Å². The molecule has 1 fully saturated rings. The largest absolute Gasteiger partial charge is 0.353 e. The number of rotatable bonds is 2. The Bertz CT molecular complexity index is 514. The lowest BCUT2D eigenvalue weighted by molar-refractivity contribution is 0.374. The van der Waals surface area contributed by atoms with Crippen molar-refractivity contribution in [1.82, 2.24) is 24.7 Å². The fourth-order valence-corrected chi connectivity index (χ4v) is 2.53. The molecule has 1 saturated heterocycles. The summed E-state index contributed by atoms with van der Waals surface area (Å²) in [5.74, 6) is 0.802. The van der Waals surface area contributed by atoms with Gasteiger partial charge in [-0.3, -0.25) is 0 Å². The molecule has 0 aliphatic carbocycles. The van der Waals surface area contributed by atoms with Gasteiger partial charge >= 0.3 is 0 Å². The fraction of sp³-hybridized carbons (Fsp3) is 0.455. The number of nitrogens with zero attached hydrogens (tertiary/aromatic N) is 6. The lowest BCUT2D eigenvalue weighted by Crippen LogP contribution is -2.37. The molecule has 6 nitrogen and oxygen atoms in total. The predicted molar refractivity (Wildman–Crippen MR) is 67.5 cm³/mol. The van der Waals surface area contributed by atoms with Gasteiger partial charge in [0, 0.05) is 13.1 Å². The van der Waals surface area contributed by atoms with Gasteiger partial charge < -0.3 is 4.90 Å². The van der Waals surface area contributed by atoms with Crippen molar-refractivity contribution >= 4 is 17.4 Å². The summed E-state index contributed by atoms with van der Waals surface area (Å²) in [6.07, 6.45) is 8.67. The third-order valence-electron chi connectivity index (χ3n) is 3.15. The second kappa shape index (κ2) is 4.89. The Hall–Kier alpha value is -1.69. The molecule has 1 aliphatic heterocycles. The zero-order valence-electron chi connectivity index (χ0n) is 9.78. The van der Waals surface area contributed by atoms with Crippen molar-refractivity contribution in [3.05, 3.63) is 30.2 Å². The van der Waals surface area contributed by atoms with Crippen LogP contribution in [0.5, 0.6) is 0 Å². The van der Waals surface area contributed by atoms with Gasteiger partial charge in [-0.15, -0.1) is 0 Å². The van der Waals surface area contributed by atoms with Gasteiger partial charge in [0.1, 0.15) is 24.0 Å². The Morgan fingerprint density at radius 2 is 2.22 bits per heavy atom. The zero-order chi connectivity index (χ0) is 12.4. The first-order valence-electron chi connectivity index (χ1n) is 5.89. The highest BCUT2D eigenvalue weighted by Gasteiger charge is 2.23. The Morgan fingerprint density at radius 3 is 3.00 bits per heavy atom. The smallest absolute Gasteiger partial charge is 0.150 e. The second-order valence-corrected chi connectivity index (χ2v) is 4.72. The number of hydrogen-bond acceptors (Lipinski definition) is 5. The van der Waals surface area contributed by atoms with E-state index in [0.29, 0.717) is 11.1 Å². The van der Waals surface area contributed by atoms with E-state index in [1.165, 1.54) is 6.33 Å². The molecule has 94 valence electrons. The molecule has 18 heavy (non-hydrogen) atoms. The first-order chi connectivity index (χ1) is 8.84. The molecule has 7 heteroatoms. The van der Waals surface area contributed by atoms with Crippen LogP contribution >= 0.6 is 11.6 Å². The molecule has 0 radical (unpaired) electrons. The van der Waals surface area contributed by atoms with Crippen molar-refractivity contribution in [2.75, 3.05) is 18.0 Å². The highest BCUT2D eigenvalue weighted by atomic mass is 35.5.